The van der Waals surface area contributed by atoms with Gasteiger partial charge in [0.2, 0.25) is 0 Å². The third kappa shape index (κ3) is 3.01. The van der Waals surface area contributed by atoms with Gasteiger partial charge < -0.3 is 5.32 Å². The lowest BCUT2D eigenvalue weighted by molar-refractivity contribution is 0.102. The van der Waals surface area contributed by atoms with Crippen molar-refractivity contribution in [1.82, 2.24) is 4.98 Å². The van der Waals surface area contributed by atoms with E-state index >= 15 is 0 Å². The summed E-state index contributed by atoms with van der Waals surface area (Å²) in [6.07, 6.45) is 3.12. The van der Waals surface area contributed by atoms with Crippen LogP contribution >= 0.6 is 0 Å². The fraction of sp³-hybridized carbons (Fsp3) is 0.188. The van der Waals surface area contributed by atoms with E-state index in [-0.39, 0.29) is 11.8 Å². The van der Waals surface area contributed by atoms with Crippen molar-refractivity contribution in [1.29, 1.82) is 5.26 Å². The summed E-state index contributed by atoms with van der Waals surface area (Å²) in [6.45, 7) is 4.06. The number of hydrogen-bond acceptors (Lipinski definition) is 3. The first kappa shape index (κ1) is 13.8. The number of carbonyl (C=O) groups is 1. The van der Waals surface area contributed by atoms with Gasteiger partial charge >= 0.3 is 0 Å². The average molecular weight is 265 g/mol. The number of carbonyl (C=O) groups excluding carboxylic acids is 1. The topological polar surface area (TPSA) is 65.8 Å². The summed E-state index contributed by atoms with van der Waals surface area (Å²) >= 11 is 0. The van der Waals surface area contributed by atoms with Crippen molar-refractivity contribution in [3.8, 4) is 6.07 Å². The van der Waals surface area contributed by atoms with Crippen LogP contribution in [0.2, 0.25) is 0 Å². The number of amides is 1. The summed E-state index contributed by atoms with van der Waals surface area (Å²) in [6, 6.07) is 10.9. The van der Waals surface area contributed by atoms with Gasteiger partial charge in [0.1, 0.15) is 0 Å². The van der Waals surface area contributed by atoms with Crippen LogP contribution in [0.5, 0.6) is 0 Å². The fourth-order valence-electron chi connectivity index (χ4n) is 1.93. The number of benzene rings is 1. The molecule has 2 aromatic rings. The molecule has 0 aliphatic heterocycles. The van der Waals surface area contributed by atoms with E-state index in [1.54, 1.807) is 24.4 Å². The van der Waals surface area contributed by atoms with E-state index in [9.17, 15) is 10.1 Å². The number of rotatable bonds is 3. The monoisotopic (exact) mass is 265 g/mol. The third-order valence-electron chi connectivity index (χ3n) is 2.98. The molecule has 1 aromatic heterocycles. The molecule has 1 N–H and O–H groups in total. The summed E-state index contributed by atoms with van der Waals surface area (Å²) in [7, 11) is 0. The van der Waals surface area contributed by atoms with Gasteiger partial charge in [0, 0.05) is 18.1 Å². The third-order valence-corrected chi connectivity index (χ3v) is 2.98. The minimum atomic E-state index is -0.237. The quantitative estimate of drug-likeness (QED) is 0.925. The lowest BCUT2D eigenvalue weighted by Crippen LogP contribution is -2.12. The Hall–Kier alpha value is -2.67. The van der Waals surface area contributed by atoms with Crippen molar-refractivity contribution in [2.24, 2.45) is 0 Å². The Morgan fingerprint density at radius 1 is 1.35 bits per heavy atom. The number of nitrogens with one attached hydrogen (secondary N) is 1. The maximum Gasteiger partial charge on any atom is 0.257 e. The molecule has 2 rings (SSSR count). The van der Waals surface area contributed by atoms with Gasteiger partial charge in [-0.05, 0) is 35.7 Å². The first-order valence-corrected chi connectivity index (χ1v) is 6.37. The average Bonchev–Trinajstić information content (AvgIpc) is 2.47. The van der Waals surface area contributed by atoms with Gasteiger partial charge in [0.05, 0.1) is 17.2 Å². The van der Waals surface area contributed by atoms with Gasteiger partial charge in [-0.2, -0.15) is 5.26 Å². The highest BCUT2D eigenvalue weighted by Gasteiger charge is 2.10. The van der Waals surface area contributed by atoms with Crippen molar-refractivity contribution < 1.29 is 4.79 Å². The Balaban J connectivity index is 2.23. The minimum Gasteiger partial charge on any atom is -0.322 e. The van der Waals surface area contributed by atoms with Crippen molar-refractivity contribution >= 4 is 11.6 Å². The molecule has 0 fully saturated rings. The predicted molar refractivity (Wildman–Crippen MR) is 77.4 cm³/mol. The van der Waals surface area contributed by atoms with E-state index in [0.29, 0.717) is 16.8 Å². The molecule has 20 heavy (non-hydrogen) atoms. The molecule has 0 saturated heterocycles. The van der Waals surface area contributed by atoms with Gasteiger partial charge in [-0.3, -0.25) is 9.78 Å². The maximum absolute atomic E-state index is 12.0. The van der Waals surface area contributed by atoms with Gasteiger partial charge in [0.15, 0.2) is 0 Å². The molecule has 1 amide bonds. The van der Waals surface area contributed by atoms with E-state index in [1.165, 1.54) is 6.20 Å². The van der Waals surface area contributed by atoms with Crippen molar-refractivity contribution in [2.45, 2.75) is 19.8 Å². The van der Waals surface area contributed by atoms with Crippen LogP contribution in [0.25, 0.3) is 0 Å². The zero-order valence-electron chi connectivity index (χ0n) is 11.4. The molecule has 0 atom stereocenters. The van der Waals surface area contributed by atoms with Crippen molar-refractivity contribution in [3.05, 3.63) is 59.4 Å². The normalized spacial score (nSPS) is 10.1. The number of hydrogen-bond donors (Lipinski definition) is 1. The Bertz CT molecular complexity index is 657. The van der Waals surface area contributed by atoms with E-state index < -0.39 is 0 Å². The standard InChI is InChI=1S/C16H15N3O/c1-11(2)15-6-5-14(8-13(15)9-17)19-16(20)12-4-3-7-18-10-12/h3-8,10-11H,1-2H3,(H,19,20). The van der Waals surface area contributed by atoms with Crippen LogP contribution in [0.15, 0.2) is 42.7 Å². The second-order valence-corrected chi connectivity index (χ2v) is 4.76. The molecular weight excluding hydrogens is 250 g/mol. The number of aromatic nitrogens is 1. The predicted octanol–water partition coefficient (Wildman–Crippen LogP) is 3.33. The van der Waals surface area contributed by atoms with Gasteiger partial charge in [-0.25, -0.2) is 0 Å². The first-order chi connectivity index (χ1) is 9.61. The zero-order valence-corrected chi connectivity index (χ0v) is 11.4. The Morgan fingerprint density at radius 3 is 2.75 bits per heavy atom. The van der Waals surface area contributed by atoms with E-state index in [2.05, 4.69) is 16.4 Å². The van der Waals surface area contributed by atoms with Crippen LogP contribution in [0.4, 0.5) is 5.69 Å². The van der Waals surface area contributed by atoms with Crippen LogP contribution < -0.4 is 5.32 Å². The molecule has 1 aromatic carbocycles. The number of anilines is 1. The van der Waals surface area contributed by atoms with E-state index in [1.807, 2.05) is 26.0 Å². The van der Waals surface area contributed by atoms with Crippen LogP contribution in [0, 0.1) is 11.3 Å². The van der Waals surface area contributed by atoms with Crippen LogP contribution in [0.1, 0.15) is 41.3 Å². The second-order valence-electron chi connectivity index (χ2n) is 4.76. The molecule has 0 spiro atoms. The molecule has 1 heterocycles. The molecule has 4 heteroatoms. The first-order valence-electron chi connectivity index (χ1n) is 6.37. The Kier molecular flexibility index (Phi) is 4.11. The molecule has 4 nitrogen and oxygen atoms in total. The summed E-state index contributed by atoms with van der Waals surface area (Å²) in [5.74, 6) is 0.0343. The van der Waals surface area contributed by atoms with Crippen LogP contribution in [-0.4, -0.2) is 10.9 Å². The van der Waals surface area contributed by atoms with Gasteiger partial charge in [-0.15, -0.1) is 0 Å². The summed E-state index contributed by atoms with van der Waals surface area (Å²) in [5.41, 5.74) is 2.66. The second kappa shape index (κ2) is 5.98. The molecule has 0 saturated carbocycles. The lowest BCUT2D eigenvalue weighted by Gasteiger charge is -2.10. The van der Waals surface area contributed by atoms with Crippen LogP contribution in [-0.2, 0) is 0 Å². The van der Waals surface area contributed by atoms with E-state index in [4.69, 9.17) is 0 Å². The highest BCUT2D eigenvalue weighted by atomic mass is 16.1. The molecule has 0 bridgehead atoms. The highest BCUT2D eigenvalue weighted by molar-refractivity contribution is 6.04. The molecule has 0 aliphatic carbocycles. The molecule has 100 valence electrons. The number of pyridine rings is 1. The van der Waals surface area contributed by atoms with Gasteiger partial charge in [0.25, 0.3) is 5.91 Å². The summed E-state index contributed by atoms with van der Waals surface area (Å²) in [5, 5.41) is 11.9. The van der Waals surface area contributed by atoms with Crippen molar-refractivity contribution in [3.63, 3.8) is 0 Å². The number of nitrogens with zero attached hydrogens (tertiary/aromatic N) is 2. The smallest absolute Gasteiger partial charge is 0.257 e. The summed E-state index contributed by atoms with van der Waals surface area (Å²) in [4.78, 5) is 15.9. The van der Waals surface area contributed by atoms with Gasteiger partial charge in [-0.1, -0.05) is 19.9 Å². The van der Waals surface area contributed by atoms with Crippen molar-refractivity contribution in [2.75, 3.05) is 5.32 Å². The molecular formula is C16H15N3O. The molecule has 0 unspecified atom stereocenters. The lowest BCUT2D eigenvalue weighted by atomic mass is 9.97. The maximum atomic E-state index is 12.0. The Morgan fingerprint density at radius 2 is 2.15 bits per heavy atom. The highest BCUT2D eigenvalue weighted by Crippen LogP contribution is 2.22. The van der Waals surface area contributed by atoms with E-state index in [0.717, 1.165) is 5.56 Å². The molecule has 0 radical (unpaired) electrons. The largest absolute Gasteiger partial charge is 0.322 e. The summed E-state index contributed by atoms with van der Waals surface area (Å²) < 4.78 is 0. The Labute approximate surface area is 118 Å². The fourth-order valence-corrected chi connectivity index (χ4v) is 1.93. The minimum absolute atomic E-state index is 0.237. The van der Waals surface area contributed by atoms with Crippen LogP contribution in [0.3, 0.4) is 0 Å². The SMILES string of the molecule is CC(C)c1ccc(NC(=O)c2cccnc2)cc1C#N. The zero-order chi connectivity index (χ0) is 14.5. The molecule has 0 aliphatic rings. The number of nitriles is 1.